The molecule has 0 bridgehead atoms. The number of nitrogens with zero attached hydrogens (tertiary/aromatic N) is 2. The molecule has 18 heavy (non-hydrogen) atoms. The predicted octanol–water partition coefficient (Wildman–Crippen LogP) is 1.55. The zero-order chi connectivity index (χ0) is 13.4. The Kier molecular flexibility index (Phi) is 5.93. The molecule has 98 valence electrons. The third-order valence-electron chi connectivity index (χ3n) is 2.25. The molecule has 0 unspecified atom stereocenters. The van der Waals surface area contributed by atoms with Crippen LogP contribution in [-0.4, -0.2) is 23.5 Å². The predicted molar refractivity (Wildman–Crippen MR) is 69.7 cm³/mol. The molecule has 0 saturated carbocycles. The average molecular weight is 271 g/mol. The van der Waals surface area contributed by atoms with Crippen molar-refractivity contribution in [2.24, 2.45) is 0 Å². The molecule has 2 N–H and O–H groups in total. The maximum atomic E-state index is 10.3. The van der Waals surface area contributed by atoms with Crippen LogP contribution in [0.25, 0.3) is 0 Å². The molecule has 0 aliphatic heterocycles. The number of aromatic nitrogens is 1. The Morgan fingerprint density at radius 2 is 2.39 bits per heavy atom. The highest BCUT2D eigenvalue weighted by molar-refractivity contribution is 6.29. The molecule has 0 spiro atoms. The van der Waals surface area contributed by atoms with Gasteiger partial charge in [-0.05, 0) is 24.5 Å². The standard InChI is InChI=1S/C11H15ClN4O2/c1-13-11(8-16(17)18)14-6-2-3-9-4-5-10(12)15-7-9/h4-5,7-8,13-14H,2-3,6H2,1H3. The van der Waals surface area contributed by atoms with Gasteiger partial charge in [-0.3, -0.25) is 10.1 Å². The van der Waals surface area contributed by atoms with Crippen molar-refractivity contribution in [3.05, 3.63) is 51.2 Å². The van der Waals surface area contributed by atoms with Gasteiger partial charge in [-0.25, -0.2) is 4.98 Å². The molecule has 1 heterocycles. The van der Waals surface area contributed by atoms with Crippen molar-refractivity contribution >= 4 is 11.6 Å². The molecule has 0 amide bonds. The molecule has 0 atom stereocenters. The molecule has 0 aromatic carbocycles. The van der Waals surface area contributed by atoms with Gasteiger partial charge in [0.25, 0.3) is 6.20 Å². The van der Waals surface area contributed by atoms with Crippen molar-refractivity contribution < 1.29 is 4.92 Å². The molecule has 1 aromatic rings. The second kappa shape index (κ2) is 7.50. The average Bonchev–Trinajstić information content (AvgIpc) is 2.34. The number of nitro groups is 1. The van der Waals surface area contributed by atoms with E-state index in [1.807, 2.05) is 6.07 Å². The van der Waals surface area contributed by atoms with E-state index in [2.05, 4.69) is 15.6 Å². The van der Waals surface area contributed by atoms with Gasteiger partial charge in [0.05, 0.1) is 4.92 Å². The number of nitrogens with one attached hydrogen (secondary N) is 2. The van der Waals surface area contributed by atoms with Crippen LogP contribution in [0.15, 0.2) is 30.4 Å². The zero-order valence-electron chi connectivity index (χ0n) is 10.0. The van der Waals surface area contributed by atoms with Gasteiger partial charge in [0.1, 0.15) is 5.15 Å². The van der Waals surface area contributed by atoms with Crippen molar-refractivity contribution in [1.82, 2.24) is 15.6 Å². The fraction of sp³-hybridized carbons (Fsp3) is 0.364. The lowest BCUT2D eigenvalue weighted by Crippen LogP contribution is -2.25. The van der Waals surface area contributed by atoms with Gasteiger partial charge in [0, 0.05) is 19.8 Å². The SMILES string of the molecule is CNC(=C[N+](=O)[O-])NCCCc1ccc(Cl)nc1. The van der Waals surface area contributed by atoms with Crippen LogP contribution in [0.1, 0.15) is 12.0 Å². The Hall–Kier alpha value is -1.82. The summed E-state index contributed by atoms with van der Waals surface area (Å²) in [6, 6.07) is 3.66. The fourth-order valence-corrected chi connectivity index (χ4v) is 1.49. The highest BCUT2D eigenvalue weighted by Crippen LogP contribution is 2.06. The molecule has 1 aromatic heterocycles. The summed E-state index contributed by atoms with van der Waals surface area (Å²) in [5.74, 6) is 0.397. The fourth-order valence-electron chi connectivity index (χ4n) is 1.37. The molecule has 6 nitrogen and oxygen atoms in total. The van der Waals surface area contributed by atoms with E-state index in [1.54, 1.807) is 19.3 Å². The number of hydrogen-bond acceptors (Lipinski definition) is 5. The van der Waals surface area contributed by atoms with Crippen LogP contribution in [0.2, 0.25) is 5.15 Å². The summed E-state index contributed by atoms with van der Waals surface area (Å²) in [4.78, 5) is 13.8. The van der Waals surface area contributed by atoms with Gasteiger partial charge in [-0.1, -0.05) is 17.7 Å². The summed E-state index contributed by atoms with van der Waals surface area (Å²) < 4.78 is 0. The minimum atomic E-state index is -0.498. The monoisotopic (exact) mass is 270 g/mol. The number of pyridine rings is 1. The topological polar surface area (TPSA) is 80.1 Å². The maximum absolute atomic E-state index is 10.3. The number of rotatable bonds is 7. The van der Waals surface area contributed by atoms with Gasteiger partial charge >= 0.3 is 0 Å². The number of hydrogen-bond donors (Lipinski definition) is 2. The van der Waals surface area contributed by atoms with Crippen molar-refractivity contribution in [2.75, 3.05) is 13.6 Å². The highest BCUT2D eigenvalue weighted by atomic mass is 35.5. The Bertz CT molecular complexity index is 420. The number of halogens is 1. The van der Waals surface area contributed by atoms with Crippen LogP contribution in [0.4, 0.5) is 0 Å². The summed E-state index contributed by atoms with van der Waals surface area (Å²) in [7, 11) is 1.63. The normalized spacial score (nSPS) is 11.1. The number of aryl methyl sites for hydroxylation is 1. The highest BCUT2D eigenvalue weighted by Gasteiger charge is 1.99. The molecule has 1 rings (SSSR count). The van der Waals surface area contributed by atoms with E-state index in [4.69, 9.17) is 11.6 Å². The minimum absolute atomic E-state index is 0.397. The largest absolute Gasteiger partial charge is 0.370 e. The molecule has 0 fully saturated rings. The van der Waals surface area contributed by atoms with Crippen LogP contribution < -0.4 is 10.6 Å². The van der Waals surface area contributed by atoms with Gasteiger partial charge in [-0.2, -0.15) is 0 Å². The Balaban J connectivity index is 2.30. The second-order valence-electron chi connectivity index (χ2n) is 3.60. The Morgan fingerprint density at radius 1 is 1.61 bits per heavy atom. The third-order valence-corrected chi connectivity index (χ3v) is 2.47. The van der Waals surface area contributed by atoms with Crippen molar-refractivity contribution in [3.8, 4) is 0 Å². The van der Waals surface area contributed by atoms with Gasteiger partial charge in [0.2, 0.25) is 0 Å². The summed E-state index contributed by atoms with van der Waals surface area (Å²) >= 11 is 5.68. The lowest BCUT2D eigenvalue weighted by Gasteiger charge is -2.07. The lowest BCUT2D eigenvalue weighted by atomic mass is 10.1. The van der Waals surface area contributed by atoms with E-state index in [0.29, 0.717) is 17.5 Å². The Labute approximate surface area is 110 Å². The van der Waals surface area contributed by atoms with Crippen LogP contribution in [-0.2, 0) is 6.42 Å². The molecule has 0 aliphatic rings. The summed E-state index contributed by atoms with van der Waals surface area (Å²) in [6.07, 6.45) is 4.32. The van der Waals surface area contributed by atoms with E-state index in [1.165, 1.54) is 0 Å². The van der Waals surface area contributed by atoms with Crippen molar-refractivity contribution in [1.29, 1.82) is 0 Å². The zero-order valence-corrected chi connectivity index (χ0v) is 10.8. The lowest BCUT2D eigenvalue weighted by molar-refractivity contribution is -0.404. The van der Waals surface area contributed by atoms with E-state index in [-0.39, 0.29) is 0 Å². The van der Waals surface area contributed by atoms with Crippen LogP contribution in [0.3, 0.4) is 0 Å². The smallest absolute Gasteiger partial charge is 0.274 e. The first-order valence-corrected chi connectivity index (χ1v) is 5.87. The second-order valence-corrected chi connectivity index (χ2v) is 3.98. The third kappa shape index (κ3) is 5.49. The van der Waals surface area contributed by atoms with Gasteiger partial charge in [-0.15, -0.1) is 0 Å². The molecule has 0 radical (unpaired) electrons. The first kappa shape index (κ1) is 14.2. The van der Waals surface area contributed by atoms with Crippen molar-refractivity contribution in [2.45, 2.75) is 12.8 Å². The minimum Gasteiger partial charge on any atom is -0.370 e. The van der Waals surface area contributed by atoms with Gasteiger partial charge in [0.15, 0.2) is 5.82 Å². The summed E-state index contributed by atoms with van der Waals surface area (Å²) in [5, 5.41) is 16.4. The molecule has 0 saturated heterocycles. The molecular formula is C11H15ClN4O2. The summed E-state index contributed by atoms with van der Waals surface area (Å²) in [5.41, 5.74) is 1.09. The van der Waals surface area contributed by atoms with Crippen LogP contribution in [0, 0.1) is 10.1 Å². The first-order valence-electron chi connectivity index (χ1n) is 5.49. The van der Waals surface area contributed by atoms with E-state index in [9.17, 15) is 10.1 Å². The van der Waals surface area contributed by atoms with E-state index in [0.717, 1.165) is 24.6 Å². The van der Waals surface area contributed by atoms with Crippen molar-refractivity contribution in [3.63, 3.8) is 0 Å². The summed E-state index contributed by atoms with van der Waals surface area (Å²) in [6.45, 7) is 0.642. The van der Waals surface area contributed by atoms with E-state index < -0.39 is 4.92 Å². The first-order chi connectivity index (χ1) is 8.61. The maximum Gasteiger partial charge on any atom is 0.274 e. The molecule has 0 aliphatic carbocycles. The Morgan fingerprint density at radius 3 is 2.94 bits per heavy atom. The van der Waals surface area contributed by atoms with Crippen LogP contribution in [0.5, 0.6) is 0 Å². The van der Waals surface area contributed by atoms with E-state index >= 15 is 0 Å². The van der Waals surface area contributed by atoms with Crippen LogP contribution >= 0.6 is 11.6 Å². The molecule has 7 heteroatoms. The van der Waals surface area contributed by atoms with Gasteiger partial charge < -0.3 is 10.6 Å². The molecular weight excluding hydrogens is 256 g/mol. The quantitative estimate of drug-likeness (QED) is 0.340.